The molecule has 0 unspecified atom stereocenters. The summed E-state index contributed by atoms with van der Waals surface area (Å²) >= 11 is 0. The molecular weight excluding hydrogens is 244 g/mol. The predicted octanol–water partition coefficient (Wildman–Crippen LogP) is 3.19. The second kappa shape index (κ2) is 4.57. The second-order valence-corrected chi connectivity index (χ2v) is 4.08. The second-order valence-electron chi connectivity index (χ2n) is 4.08. The molecule has 0 atom stereocenters. The monoisotopic (exact) mass is 254 g/mol. The molecule has 1 aliphatic carbocycles. The molecule has 0 fully saturated rings. The van der Waals surface area contributed by atoms with Gasteiger partial charge in [0.05, 0.1) is 12.5 Å². The van der Waals surface area contributed by atoms with E-state index in [-0.39, 0.29) is 23.1 Å². The van der Waals surface area contributed by atoms with E-state index in [4.69, 9.17) is 8.83 Å². The van der Waals surface area contributed by atoms with Crippen LogP contribution in [0.15, 0.2) is 68.9 Å². The minimum absolute atomic E-state index is 0.228. The molecule has 3 rings (SSSR count). The summed E-state index contributed by atoms with van der Waals surface area (Å²) in [4.78, 5) is 24.4. The molecule has 0 spiro atoms. The van der Waals surface area contributed by atoms with Crippen LogP contribution >= 0.6 is 0 Å². The van der Waals surface area contributed by atoms with Crippen LogP contribution in [-0.2, 0) is 0 Å². The van der Waals surface area contributed by atoms with Crippen molar-refractivity contribution in [3.8, 4) is 0 Å². The van der Waals surface area contributed by atoms with Crippen LogP contribution in [-0.4, -0.2) is 11.6 Å². The third-order valence-corrected chi connectivity index (χ3v) is 2.91. The molecule has 0 bridgehead atoms. The Morgan fingerprint density at radius 3 is 1.68 bits per heavy atom. The van der Waals surface area contributed by atoms with Gasteiger partial charge in [-0.25, -0.2) is 0 Å². The Balaban J connectivity index is 1.90. The van der Waals surface area contributed by atoms with Gasteiger partial charge in [0.25, 0.3) is 0 Å². The van der Waals surface area contributed by atoms with E-state index in [1.165, 1.54) is 12.5 Å². The topological polar surface area (TPSA) is 60.4 Å². The van der Waals surface area contributed by atoms with Gasteiger partial charge in [0, 0.05) is 11.1 Å². The first kappa shape index (κ1) is 11.5. The highest BCUT2D eigenvalue weighted by Crippen LogP contribution is 2.26. The summed E-state index contributed by atoms with van der Waals surface area (Å²) in [6.07, 6.45) is 6.87. The van der Waals surface area contributed by atoms with Crippen molar-refractivity contribution >= 4 is 11.6 Å². The smallest absolute Gasteiger partial charge is 0.228 e. The zero-order chi connectivity index (χ0) is 13.2. The summed E-state index contributed by atoms with van der Waals surface area (Å²) in [5, 5.41) is 0. The van der Waals surface area contributed by atoms with Gasteiger partial charge < -0.3 is 8.83 Å². The third kappa shape index (κ3) is 1.97. The van der Waals surface area contributed by atoms with Crippen LogP contribution in [0.2, 0.25) is 0 Å². The first-order valence-corrected chi connectivity index (χ1v) is 5.84. The van der Waals surface area contributed by atoms with E-state index in [2.05, 4.69) is 0 Å². The number of hydrogen-bond acceptors (Lipinski definition) is 4. The Kier molecular flexibility index (Phi) is 2.76. The molecule has 0 aliphatic heterocycles. The van der Waals surface area contributed by atoms with Gasteiger partial charge in [-0.15, -0.1) is 0 Å². The number of carbonyl (C=O) groups excluding carboxylic acids is 2. The average Bonchev–Trinajstić information content (AvgIpc) is 3.16. The summed E-state index contributed by atoms with van der Waals surface area (Å²) in [6, 6.07) is 6.44. The van der Waals surface area contributed by atoms with Crippen LogP contribution in [0.25, 0.3) is 0 Å². The number of Topliss-reactive ketones (excluding diaryl/α,β-unsaturated/α-hetero) is 2. The van der Waals surface area contributed by atoms with Gasteiger partial charge in [-0.1, -0.05) is 12.2 Å². The van der Waals surface area contributed by atoms with Crippen molar-refractivity contribution in [2.24, 2.45) is 0 Å². The largest absolute Gasteiger partial charge is 0.461 e. The van der Waals surface area contributed by atoms with Crippen molar-refractivity contribution in [2.75, 3.05) is 0 Å². The first-order valence-electron chi connectivity index (χ1n) is 5.84. The maximum Gasteiger partial charge on any atom is 0.228 e. The van der Waals surface area contributed by atoms with E-state index in [1.54, 1.807) is 36.4 Å². The molecule has 0 amide bonds. The third-order valence-electron chi connectivity index (χ3n) is 2.91. The van der Waals surface area contributed by atoms with E-state index >= 15 is 0 Å². The molecule has 2 aromatic heterocycles. The van der Waals surface area contributed by atoms with Crippen LogP contribution in [0, 0.1) is 0 Å². The highest BCUT2D eigenvalue weighted by atomic mass is 16.3. The van der Waals surface area contributed by atoms with Crippen molar-refractivity contribution in [1.82, 2.24) is 0 Å². The Morgan fingerprint density at radius 1 is 0.842 bits per heavy atom. The van der Waals surface area contributed by atoms with E-state index in [9.17, 15) is 9.59 Å². The standard InChI is InChI=1S/C15H10O4/c16-14(12-6-2-8-18-12)10-4-1-5-11(10)15(17)13-7-3-9-19-13/h2-9H,1H2. The SMILES string of the molecule is O=C(C1=CCC=C1C(=O)c1ccco1)c1ccco1. The lowest BCUT2D eigenvalue weighted by Gasteiger charge is -2.03. The minimum atomic E-state index is -0.284. The predicted molar refractivity (Wildman–Crippen MR) is 66.9 cm³/mol. The van der Waals surface area contributed by atoms with E-state index in [1.807, 2.05) is 0 Å². The summed E-state index contributed by atoms with van der Waals surface area (Å²) in [5.74, 6) is -0.111. The molecule has 0 saturated heterocycles. The Labute approximate surface area is 109 Å². The maximum atomic E-state index is 12.2. The zero-order valence-corrected chi connectivity index (χ0v) is 9.96. The lowest BCUT2D eigenvalue weighted by atomic mass is 9.99. The van der Waals surface area contributed by atoms with Crippen LogP contribution in [0.5, 0.6) is 0 Å². The Hall–Kier alpha value is -2.62. The Bertz CT molecular complexity index is 610. The fourth-order valence-corrected chi connectivity index (χ4v) is 2.03. The number of rotatable bonds is 4. The molecular formula is C15H10O4. The zero-order valence-electron chi connectivity index (χ0n) is 9.96. The van der Waals surface area contributed by atoms with Crippen molar-refractivity contribution in [1.29, 1.82) is 0 Å². The van der Waals surface area contributed by atoms with Crippen LogP contribution in [0.1, 0.15) is 27.5 Å². The Morgan fingerprint density at radius 2 is 1.32 bits per heavy atom. The first-order chi connectivity index (χ1) is 9.27. The van der Waals surface area contributed by atoms with Gasteiger partial charge in [-0.3, -0.25) is 9.59 Å². The average molecular weight is 254 g/mol. The summed E-state index contributed by atoms with van der Waals surface area (Å²) < 4.78 is 10.1. The number of carbonyl (C=O) groups is 2. The normalized spacial score (nSPS) is 14.1. The highest BCUT2D eigenvalue weighted by Gasteiger charge is 2.27. The molecule has 0 radical (unpaired) electrons. The molecule has 1 aliphatic rings. The van der Waals surface area contributed by atoms with Gasteiger partial charge in [0.15, 0.2) is 11.5 Å². The van der Waals surface area contributed by atoms with Crippen molar-refractivity contribution in [3.63, 3.8) is 0 Å². The minimum Gasteiger partial charge on any atom is -0.461 e. The lowest BCUT2D eigenvalue weighted by molar-refractivity contribution is 0.0972. The number of furan rings is 2. The quantitative estimate of drug-likeness (QED) is 0.786. The molecule has 19 heavy (non-hydrogen) atoms. The maximum absolute atomic E-state index is 12.2. The fraction of sp³-hybridized carbons (Fsp3) is 0.0667. The van der Waals surface area contributed by atoms with Crippen molar-refractivity contribution in [3.05, 3.63) is 71.6 Å². The van der Waals surface area contributed by atoms with Crippen LogP contribution in [0.4, 0.5) is 0 Å². The van der Waals surface area contributed by atoms with Crippen molar-refractivity contribution in [2.45, 2.75) is 6.42 Å². The summed E-state index contributed by atoms with van der Waals surface area (Å²) in [5.41, 5.74) is 0.743. The highest BCUT2D eigenvalue weighted by molar-refractivity contribution is 6.21. The molecule has 4 heteroatoms. The van der Waals surface area contributed by atoms with Gasteiger partial charge in [0.1, 0.15) is 0 Å². The summed E-state index contributed by atoms with van der Waals surface area (Å²) in [7, 11) is 0. The van der Waals surface area contributed by atoms with E-state index in [0.29, 0.717) is 17.6 Å². The molecule has 4 nitrogen and oxygen atoms in total. The van der Waals surface area contributed by atoms with Crippen LogP contribution in [0.3, 0.4) is 0 Å². The van der Waals surface area contributed by atoms with E-state index in [0.717, 1.165) is 0 Å². The number of hydrogen-bond donors (Lipinski definition) is 0. The van der Waals surface area contributed by atoms with Gasteiger partial charge in [-0.05, 0) is 30.7 Å². The lowest BCUT2D eigenvalue weighted by Crippen LogP contribution is -2.10. The molecule has 0 aromatic carbocycles. The van der Waals surface area contributed by atoms with Crippen molar-refractivity contribution < 1.29 is 18.4 Å². The number of ketones is 2. The number of allylic oxidation sites excluding steroid dienone is 4. The fourth-order valence-electron chi connectivity index (χ4n) is 2.03. The molecule has 0 saturated carbocycles. The van der Waals surface area contributed by atoms with Gasteiger partial charge in [-0.2, -0.15) is 0 Å². The van der Waals surface area contributed by atoms with E-state index < -0.39 is 0 Å². The van der Waals surface area contributed by atoms with Gasteiger partial charge in [0.2, 0.25) is 11.6 Å². The summed E-state index contributed by atoms with van der Waals surface area (Å²) in [6.45, 7) is 0. The van der Waals surface area contributed by atoms with Gasteiger partial charge >= 0.3 is 0 Å². The molecule has 2 heterocycles. The van der Waals surface area contributed by atoms with Crippen LogP contribution < -0.4 is 0 Å². The molecule has 94 valence electrons. The molecule has 0 N–H and O–H groups in total. The molecule has 2 aromatic rings.